The summed E-state index contributed by atoms with van der Waals surface area (Å²) in [5.41, 5.74) is 0.796. The first-order valence-corrected chi connectivity index (χ1v) is 6.60. The summed E-state index contributed by atoms with van der Waals surface area (Å²) < 4.78 is 37.5. The Labute approximate surface area is 104 Å². The third kappa shape index (κ3) is 4.50. The van der Waals surface area contributed by atoms with E-state index >= 15 is 0 Å². The SMILES string of the molecule is CCSCCNc1cc(C(F)(F)F)ccc1C. The Morgan fingerprint density at radius 1 is 1.29 bits per heavy atom. The molecule has 0 fully saturated rings. The van der Waals surface area contributed by atoms with Crippen molar-refractivity contribution in [1.82, 2.24) is 0 Å². The molecule has 0 saturated heterocycles. The highest BCUT2D eigenvalue weighted by molar-refractivity contribution is 7.99. The van der Waals surface area contributed by atoms with Crippen LogP contribution in [0.5, 0.6) is 0 Å². The van der Waals surface area contributed by atoms with Gasteiger partial charge in [0, 0.05) is 18.0 Å². The second kappa shape index (κ2) is 6.19. The van der Waals surface area contributed by atoms with E-state index in [0.29, 0.717) is 12.2 Å². The van der Waals surface area contributed by atoms with Crippen molar-refractivity contribution < 1.29 is 13.2 Å². The van der Waals surface area contributed by atoms with Crippen molar-refractivity contribution in [3.05, 3.63) is 29.3 Å². The topological polar surface area (TPSA) is 12.0 Å². The molecule has 0 bridgehead atoms. The lowest BCUT2D eigenvalue weighted by molar-refractivity contribution is -0.137. The number of alkyl halides is 3. The first-order chi connectivity index (χ1) is 7.95. The second-order valence-corrected chi connectivity index (χ2v) is 5.05. The van der Waals surface area contributed by atoms with Gasteiger partial charge in [-0.15, -0.1) is 0 Å². The first kappa shape index (κ1) is 14.2. The zero-order valence-corrected chi connectivity index (χ0v) is 10.7. The highest BCUT2D eigenvalue weighted by Crippen LogP contribution is 2.31. The van der Waals surface area contributed by atoms with E-state index in [2.05, 4.69) is 12.2 Å². The molecule has 1 nitrogen and oxygen atoms in total. The van der Waals surface area contributed by atoms with Crippen LogP contribution < -0.4 is 5.32 Å². The Morgan fingerprint density at radius 3 is 2.59 bits per heavy atom. The van der Waals surface area contributed by atoms with Gasteiger partial charge in [0.2, 0.25) is 0 Å². The van der Waals surface area contributed by atoms with Crippen LogP contribution in [0.15, 0.2) is 18.2 Å². The van der Waals surface area contributed by atoms with Crippen LogP contribution in [0.25, 0.3) is 0 Å². The molecule has 0 unspecified atom stereocenters. The Morgan fingerprint density at radius 2 is 2.00 bits per heavy atom. The number of aryl methyl sites for hydroxylation is 1. The number of thioether (sulfide) groups is 1. The average molecular weight is 263 g/mol. The summed E-state index contributed by atoms with van der Waals surface area (Å²) in [5.74, 6) is 1.91. The van der Waals surface area contributed by atoms with Crippen LogP contribution in [0.2, 0.25) is 0 Å². The van der Waals surface area contributed by atoms with Crippen LogP contribution in [0.3, 0.4) is 0 Å². The monoisotopic (exact) mass is 263 g/mol. The number of anilines is 1. The summed E-state index contributed by atoms with van der Waals surface area (Å²) in [6.07, 6.45) is -4.28. The molecule has 0 aliphatic rings. The van der Waals surface area contributed by atoms with E-state index in [1.54, 1.807) is 18.7 Å². The lowest BCUT2D eigenvalue weighted by atomic mass is 10.1. The number of benzene rings is 1. The quantitative estimate of drug-likeness (QED) is 0.800. The minimum absolute atomic E-state index is 0.566. The van der Waals surface area contributed by atoms with Gasteiger partial charge < -0.3 is 5.32 Å². The summed E-state index contributed by atoms with van der Waals surface area (Å²) >= 11 is 1.76. The number of nitrogens with one attached hydrogen (secondary N) is 1. The summed E-state index contributed by atoms with van der Waals surface area (Å²) in [7, 11) is 0. The van der Waals surface area contributed by atoms with Crippen LogP contribution in [-0.2, 0) is 6.18 Å². The molecule has 0 spiro atoms. The molecule has 1 N–H and O–H groups in total. The predicted octanol–water partition coefficient (Wildman–Crippen LogP) is 4.18. The molecule has 0 aromatic heterocycles. The van der Waals surface area contributed by atoms with Crippen LogP contribution in [0, 0.1) is 6.92 Å². The smallest absolute Gasteiger partial charge is 0.384 e. The van der Waals surface area contributed by atoms with E-state index < -0.39 is 11.7 Å². The molecule has 1 aromatic carbocycles. The summed E-state index contributed by atoms with van der Waals surface area (Å²) in [5, 5.41) is 3.04. The van der Waals surface area contributed by atoms with Crippen LogP contribution >= 0.6 is 11.8 Å². The minimum Gasteiger partial charge on any atom is -0.384 e. The molecule has 0 heterocycles. The van der Waals surface area contributed by atoms with Gasteiger partial charge in [-0.3, -0.25) is 0 Å². The molecule has 0 amide bonds. The Kier molecular flexibility index (Phi) is 5.18. The maximum Gasteiger partial charge on any atom is 0.416 e. The maximum absolute atomic E-state index is 12.5. The molecule has 5 heteroatoms. The maximum atomic E-state index is 12.5. The fraction of sp³-hybridized carbons (Fsp3) is 0.500. The fourth-order valence-corrected chi connectivity index (χ4v) is 1.93. The van der Waals surface area contributed by atoms with E-state index in [9.17, 15) is 13.2 Å². The molecular formula is C12H16F3NS. The molecule has 0 radical (unpaired) electrons. The van der Waals surface area contributed by atoms with Crippen molar-refractivity contribution in [1.29, 1.82) is 0 Å². The van der Waals surface area contributed by atoms with Crippen LogP contribution in [0.4, 0.5) is 18.9 Å². The van der Waals surface area contributed by atoms with Gasteiger partial charge in [0.1, 0.15) is 0 Å². The van der Waals surface area contributed by atoms with Gasteiger partial charge in [0.15, 0.2) is 0 Å². The van der Waals surface area contributed by atoms with Gasteiger partial charge in [-0.25, -0.2) is 0 Å². The molecular weight excluding hydrogens is 247 g/mol. The Balaban J connectivity index is 2.70. The second-order valence-electron chi connectivity index (χ2n) is 3.65. The summed E-state index contributed by atoms with van der Waals surface area (Å²) in [4.78, 5) is 0. The lowest BCUT2D eigenvalue weighted by Gasteiger charge is -2.13. The van der Waals surface area contributed by atoms with Gasteiger partial charge in [-0.05, 0) is 30.4 Å². The molecule has 1 aromatic rings. The zero-order valence-electron chi connectivity index (χ0n) is 9.90. The fourth-order valence-electron chi connectivity index (χ4n) is 1.39. The minimum atomic E-state index is -4.28. The molecule has 0 aliphatic carbocycles. The molecule has 0 aliphatic heterocycles. The van der Waals surface area contributed by atoms with Crippen molar-refractivity contribution in [3.8, 4) is 0 Å². The average Bonchev–Trinajstić information content (AvgIpc) is 2.25. The number of hydrogen-bond donors (Lipinski definition) is 1. The third-order valence-electron chi connectivity index (χ3n) is 2.33. The molecule has 1 rings (SSSR count). The van der Waals surface area contributed by atoms with Crippen molar-refractivity contribution in [2.45, 2.75) is 20.0 Å². The van der Waals surface area contributed by atoms with E-state index in [4.69, 9.17) is 0 Å². The van der Waals surface area contributed by atoms with Crippen LogP contribution in [0.1, 0.15) is 18.1 Å². The highest BCUT2D eigenvalue weighted by Gasteiger charge is 2.30. The standard InChI is InChI=1S/C12H16F3NS/c1-3-17-7-6-16-11-8-10(12(13,14)15)5-4-9(11)2/h4-5,8,16H,3,6-7H2,1-2H3. The van der Waals surface area contributed by atoms with Gasteiger partial charge in [-0.2, -0.15) is 24.9 Å². The number of halogens is 3. The molecule has 17 heavy (non-hydrogen) atoms. The summed E-state index contributed by atoms with van der Waals surface area (Å²) in [6, 6.07) is 3.78. The molecule has 0 atom stereocenters. The number of rotatable bonds is 5. The number of hydrogen-bond acceptors (Lipinski definition) is 2. The lowest BCUT2D eigenvalue weighted by Crippen LogP contribution is -2.09. The zero-order chi connectivity index (χ0) is 12.9. The summed E-state index contributed by atoms with van der Waals surface area (Å²) in [6.45, 7) is 4.54. The van der Waals surface area contributed by atoms with Gasteiger partial charge >= 0.3 is 6.18 Å². The Hall–Kier alpha value is -0.840. The molecule has 96 valence electrons. The molecule has 0 saturated carbocycles. The third-order valence-corrected chi connectivity index (χ3v) is 3.23. The largest absolute Gasteiger partial charge is 0.416 e. The normalized spacial score (nSPS) is 11.6. The van der Waals surface area contributed by atoms with E-state index in [1.807, 2.05) is 0 Å². The van der Waals surface area contributed by atoms with E-state index in [0.717, 1.165) is 23.1 Å². The highest BCUT2D eigenvalue weighted by atomic mass is 32.2. The van der Waals surface area contributed by atoms with Gasteiger partial charge in [-0.1, -0.05) is 13.0 Å². The first-order valence-electron chi connectivity index (χ1n) is 5.44. The van der Waals surface area contributed by atoms with Crippen molar-refractivity contribution in [2.24, 2.45) is 0 Å². The van der Waals surface area contributed by atoms with Gasteiger partial charge in [0.05, 0.1) is 5.56 Å². The van der Waals surface area contributed by atoms with Crippen molar-refractivity contribution in [2.75, 3.05) is 23.4 Å². The van der Waals surface area contributed by atoms with Crippen LogP contribution in [-0.4, -0.2) is 18.1 Å². The van der Waals surface area contributed by atoms with E-state index in [1.165, 1.54) is 12.1 Å². The van der Waals surface area contributed by atoms with Crippen molar-refractivity contribution >= 4 is 17.4 Å². The van der Waals surface area contributed by atoms with Gasteiger partial charge in [0.25, 0.3) is 0 Å². The van der Waals surface area contributed by atoms with Crippen molar-refractivity contribution in [3.63, 3.8) is 0 Å². The van der Waals surface area contributed by atoms with E-state index in [-0.39, 0.29) is 0 Å². The Bertz CT molecular complexity index is 363. The predicted molar refractivity (Wildman–Crippen MR) is 67.7 cm³/mol.